The Morgan fingerprint density at radius 1 is 1.38 bits per heavy atom. The van der Waals surface area contributed by atoms with Gasteiger partial charge in [0.2, 0.25) is 0 Å². The molecule has 16 heavy (non-hydrogen) atoms. The third-order valence-electron chi connectivity index (χ3n) is 1.95. The minimum Gasteiger partial charge on any atom is -0.443 e. The first-order valence-electron chi connectivity index (χ1n) is 5.26. The van der Waals surface area contributed by atoms with E-state index in [1.807, 2.05) is 44.2 Å². The van der Waals surface area contributed by atoms with Gasteiger partial charge in [0.1, 0.15) is 6.61 Å². The fourth-order valence-electron chi connectivity index (χ4n) is 1.21. The van der Waals surface area contributed by atoms with Crippen LogP contribution in [0.5, 0.6) is 0 Å². The zero-order chi connectivity index (χ0) is 12.0. The Morgan fingerprint density at radius 3 is 2.56 bits per heavy atom. The van der Waals surface area contributed by atoms with Crippen molar-refractivity contribution < 1.29 is 14.7 Å². The maximum atomic E-state index is 11.3. The van der Waals surface area contributed by atoms with Gasteiger partial charge in [-0.1, -0.05) is 44.2 Å². The van der Waals surface area contributed by atoms with E-state index in [0.717, 1.165) is 5.56 Å². The summed E-state index contributed by atoms with van der Waals surface area (Å²) >= 11 is 0. The zero-order valence-electron chi connectivity index (χ0n) is 9.59. The first-order chi connectivity index (χ1) is 7.59. The van der Waals surface area contributed by atoms with Gasteiger partial charge in [-0.25, -0.2) is 4.79 Å². The lowest BCUT2D eigenvalue weighted by molar-refractivity contribution is -0.0824. The molecule has 4 nitrogen and oxygen atoms in total. The van der Waals surface area contributed by atoms with E-state index in [0.29, 0.717) is 5.06 Å². The summed E-state index contributed by atoms with van der Waals surface area (Å²) in [6, 6.07) is 9.35. The third-order valence-corrected chi connectivity index (χ3v) is 1.95. The van der Waals surface area contributed by atoms with E-state index < -0.39 is 6.09 Å². The Bertz CT molecular complexity index is 324. The monoisotopic (exact) mass is 223 g/mol. The number of rotatable bonds is 4. The Balaban J connectivity index is 2.35. The van der Waals surface area contributed by atoms with Crippen LogP contribution < -0.4 is 0 Å². The van der Waals surface area contributed by atoms with Crippen LogP contribution in [0.15, 0.2) is 30.3 Å². The Kier molecular flexibility index (Phi) is 4.79. The predicted octanol–water partition coefficient (Wildman–Crippen LogP) is 2.67. The lowest BCUT2D eigenvalue weighted by Crippen LogP contribution is -2.31. The molecule has 0 aliphatic rings. The number of hydrogen-bond donors (Lipinski definition) is 1. The van der Waals surface area contributed by atoms with Gasteiger partial charge in [0.25, 0.3) is 0 Å². The van der Waals surface area contributed by atoms with Gasteiger partial charge in [0.05, 0.1) is 6.54 Å². The fourth-order valence-corrected chi connectivity index (χ4v) is 1.21. The second kappa shape index (κ2) is 6.12. The van der Waals surface area contributed by atoms with Crippen molar-refractivity contribution in [2.75, 3.05) is 6.54 Å². The lowest BCUT2D eigenvalue weighted by Gasteiger charge is -2.16. The van der Waals surface area contributed by atoms with Crippen molar-refractivity contribution >= 4 is 6.09 Å². The van der Waals surface area contributed by atoms with Gasteiger partial charge in [-0.2, -0.15) is 5.06 Å². The molecule has 0 unspecified atom stereocenters. The predicted molar refractivity (Wildman–Crippen MR) is 60.0 cm³/mol. The number of nitrogens with zero attached hydrogens (tertiary/aromatic N) is 1. The standard InChI is InChI=1S/C12H17NO3/c1-10(2)8-13(15)12(14)16-9-11-6-4-3-5-7-11/h3-7,10,15H,8-9H2,1-2H3. The van der Waals surface area contributed by atoms with Gasteiger partial charge in [-0.05, 0) is 11.5 Å². The van der Waals surface area contributed by atoms with E-state index in [4.69, 9.17) is 4.74 Å². The van der Waals surface area contributed by atoms with Crippen molar-refractivity contribution in [1.82, 2.24) is 5.06 Å². The topological polar surface area (TPSA) is 49.8 Å². The van der Waals surface area contributed by atoms with Crippen molar-refractivity contribution in [3.05, 3.63) is 35.9 Å². The summed E-state index contributed by atoms with van der Waals surface area (Å²) in [4.78, 5) is 11.3. The summed E-state index contributed by atoms with van der Waals surface area (Å²) < 4.78 is 4.93. The highest BCUT2D eigenvalue weighted by molar-refractivity contribution is 5.66. The fraction of sp³-hybridized carbons (Fsp3) is 0.417. The van der Waals surface area contributed by atoms with Gasteiger partial charge >= 0.3 is 6.09 Å². The van der Waals surface area contributed by atoms with Crippen molar-refractivity contribution in [3.8, 4) is 0 Å². The molecule has 0 saturated carbocycles. The van der Waals surface area contributed by atoms with Crippen LogP contribution in [0.2, 0.25) is 0 Å². The largest absolute Gasteiger partial charge is 0.443 e. The number of ether oxygens (including phenoxy) is 1. The van der Waals surface area contributed by atoms with Crippen LogP contribution in [0.1, 0.15) is 19.4 Å². The van der Waals surface area contributed by atoms with Crippen LogP contribution in [0.3, 0.4) is 0 Å². The highest BCUT2D eigenvalue weighted by Crippen LogP contribution is 2.03. The molecule has 0 spiro atoms. The molecule has 1 amide bonds. The molecule has 1 aromatic rings. The maximum absolute atomic E-state index is 11.3. The highest BCUT2D eigenvalue weighted by Gasteiger charge is 2.13. The molecule has 0 atom stereocenters. The number of carbonyl (C=O) groups excluding carboxylic acids is 1. The van der Waals surface area contributed by atoms with E-state index >= 15 is 0 Å². The Morgan fingerprint density at radius 2 is 2.00 bits per heavy atom. The first-order valence-corrected chi connectivity index (χ1v) is 5.26. The Hall–Kier alpha value is -1.55. The van der Waals surface area contributed by atoms with Crippen LogP contribution in [0.25, 0.3) is 0 Å². The number of carbonyl (C=O) groups is 1. The maximum Gasteiger partial charge on any atom is 0.434 e. The minimum absolute atomic E-state index is 0.175. The molecule has 0 heterocycles. The van der Waals surface area contributed by atoms with Crippen LogP contribution in [0, 0.1) is 5.92 Å². The zero-order valence-corrected chi connectivity index (χ0v) is 9.59. The summed E-state index contributed by atoms with van der Waals surface area (Å²) in [6.07, 6.45) is -0.711. The van der Waals surface area contributed by atoms with Crippen LogP contribution >= 0.6 is 0 Å². The molecule has 0 fully saturated rings. The summed E-state index contributed by atoms with van der Waals surface area (Å²) in [5, 5.41) is 9.93. The van der Waals surface area contributed by atoms with Gasteiger partial charge in [-0.15, -0.1) is 0 Å². The SMILES string of the molecule is CC(C)CN(O)C(=O)OCc1ccccc1. The van der Waals surface area contributed by atoms with Crippen molar-refractivity contribution in [2.24, 2.45) is 5.92 Å². The van der Waals surface area contributed by atoms with Crippen molar-refractivity contribution in [2.45, 2.75) is 20.5 Å². The lowest BCUT2D eigenvalue weighted by atomic mass is 10.2. The van der Waals surface area contributed by atoms with Crippen molar-refractivity contribution in [3.63, 3.8) is 0 Å². The quantitative estimate of drug-likeness (QED) is 0.630. The van der Waals surface area contributed by atoms with E-state index in [2.05, 4.69) is 0 Å². The smallest absolute Gasteiger partial charge is 0.434 e. The number of hydrogen-bond acceptors (Lipinski definition) is 3. The molecule has 0 radical (unpaired) electrons. The molecule has 1 N–H and O–H groups in total. The minimum atomic E-state index is -0.711. The molecule has 88 valence electrons. The average Bonchev–Trinajstić information content (AvgIpc) is 2.26. The summed E-state index contributed by atoms with van der Waals surface area (Å²) in [5.41, 5.74) is 0.897. The number of amides is 1. The first kappa shape index (κ1) is 12.5. The van der Waals surface area contributed by atoms with Crippen LogP contribution in [-0.4, -0.2) is 22.9 Å². The molecule has 0 saturated heterocycles. The van der Waals surface area contributed by atoms with E-state index in [1.54, 1.807) is 0 Å². The third kappa shape index (κ3) is 4.31. The number of hydroxylamine groups is 2. The second-order valence-corrected chi connectivity index (χ2v) is 4.02. The number of benzene rings is 1. The van der Waals surface area contributed by atoms with E-state index in [-0.39, 0.29) is 19.1 Å². The molecular formula is C12H17NO3. The molecule has 0 bridgehead atoms. The van der Waals surface area contributed by atoms with Crippen LogP contribution in [0.4, 0.5) is 4.79 Å². The second-order valence-electron chi connectivity index (χ2n) is 4.02. The van der Waals surface area contributed by atoms with Crippen LogP contribution in [-0.2, 0) is 11.3 Å². The molecule has 1 aromatic carbocycles. The molecule has 0 aromatic heterocycles. The van der Waals surface area contributed by atoms with Crippen molar-refractivity contribution in [1.29, 1.82) is 0 Å². The Labute approximate surface area is 95.4 Å². The average molecular weight is 223 g/mol. The molecular weight excluding hydrogens is 206 g/mol. The van der Waals surface area contributed by atoms with Gasteiger partial charge < -0.3 is 4.74 Å². The van der Waals surface area contributed by atoms with E-state index in [1.165, 1.54) is 0 Å². The van der Waals surface area contributed by atoms with Gasteiger partial charge in [0.15, 0.2) is 0 Å². The highest BCUT2D eigenvalue weighted by atomic mass is 16.6. The summed E-state index contributed by atoms with van der Waals surface area (Å²) in [7, 11) is 0. The molecule has 4 heteroatoms. The molecule has 0 aliphatic heterocycles. The summed E-state index contributed by atoms with van der Waals surface area (Å²) in [5.74, 6) is 0.203. The normalized spacial score (nSPS) is 10.2. The van der Waals surface area contributed by atoms with Gasteiger partial charge in [-0.3, -0.25) is 5.21 Å². The van der Waals surface area contributed by atoms with Gasteiger partial charge in [0, 0.05) is 0 Å². The summed E-state index contributed by atoms with van der Waals surface area (Å²) in [6.45, 7) is 4.27. The van der Waals surface area contributed by atoms with E-state index in [9.17, 15) is 10.0 Å². The molecule has 1 rings (SSSR count). The molecule has 0 aliphatic carbocycles.